The van der Waals surface area contributed by atoms with Crippen LogP contribution in [0.25, 0.3) is 0 Å². The minimum absolute atomic E-state index is 1.09. The van der Waals surface area contributed by atoms with Crippen molar-refractivity contribution in [3.8, 4) is 0 Å². The highest BCUT2D eigenvalue weighted by atomic mass is 14.8. The van der Waals surface area contributed by atoms with Crippen LogP contribution in [0.1, 0.15) is 12.8 Å². The van der Waals surface area contributed by atoms with Crippen molar-refractivity contribution in [3.05, 3.63) is 0 Å². The lowest BCUT2D eigenvalue weighted by Crippen LogP contribution is -2.80. The van der Waals surface area contributed by atoms with Crippen LogP contribution in [-0.4, -0.2) is 13.6 Å². The highest BCUT2D eigenvalue weighted by molar-refractivity contribution is 4.70. The van der Waals surface area contributed by atoms with E-state index in [1.54, 1.807) is 0 Å². The molecule has 36 valence electrons. The van der Waals surface area contributed by atoms with Crippen molar-refractivity contribution in [2.75, 3.05) is 13.6 Å². The number of quaternary nitrogens is 1. The number of rotatable bonds is 2. The quantitative estimate of drug-likeness (QED) is 0.470. The Labute approximate surface area is 38.7 Å². The van der Waals surface area contributed by atoms with E-state index in [1.807, 2.05) is 0 Å². The highest BCUT2D eigenvalue weighted by Gasteiger charge is 2.21. The van der Waals surface area contributed by atoms with Crippen molar-refractivity contribution >= 4 is 0 Å². The maximum absolute atomic E-state index is 2.26. The Kier molecular flexibility index (Phi) is 1.10. The summed E-state index contributed by atoms with van der Waals surface area (Å²) in [5, 5.41) is 2.26. The Balaban J connectivity index is 1.88. The lowest BCUT2D eigenvalue weighted by Gasteiger charge is -1.84. The predicted octanol–water partition coefficient (Wildman–Crippen LogP) is -0.410. The summed E-state index contributed by atoms with van der Waals surface area (Å²) in [6.07, 6.45) is 2.98. The second kappa shape index (κ2) is 1.61. The fraction of sp³-hybridized carbons (Fsp3) is 1.00. The van der Waals surface area contributed by atoms with Crippen LogP contribution in [0.2, 0.25) is 0 Å². The van der Waals surface area contributed by atoms with Gasteiger partial charge in [-0.05, 0) is 12.8 Å². The number of hydrogen-bond donors (Lipinski definition) is 1. The first-order chi connectivity index (χ1) is 2.93. The Morgan fingerprint density at radius 2 is 2.33 bits per heavy atom. The third-order valence-electron chi connectivity index (χ3n) is 1.27. The summed E-state index contributed by atoms with van der Waals surface area (Å²) < 4.78 is 0. The largest absolute Gasteiger partial charge is 0.348 e. The maximum atomic E-state index is 2.26. The summed E-state index contributed by atoms with van der Waals surface area (Å²) in [5.41, 5.74) is 0. The van der Waals surface area contributed by atoms with Crippen LogP contribution >= 0.6 is 0 Å². The zero-order chi connectivity index (χ0) is 4.41. The van der Waals surface area contributed by atoms with Gasteiger partial charge in [0.2, 0.25) is 0 Å². The van der Waals surface area contributed by atoms with Gasteiger partial charge in [-0.3, -0.25) is 0 Å². The van der Waals surface area contributed by atoms with E-state index in [4.69, 9.17) is 0 Å². The Morgan fingerprint density at radius 3 is 2.50 bits per heavy atom. The zero-order valence-corrected chi connectivity index (χ0v) is 4.28. The molecule has 0 aliphatic heterocycles. The second-order valence-electron chi connectivity index (χ2n) is 2.09. The lowest BCUT2D eigenvalue weighted by molar-refractivity contribution is -0.629. The van der Waals surface area contributed by atoms with Crippen molar-refractivity contribution < 1.29 is 5.32 Å². The van der Waals surface area contributed by atoms with E-state index in [0.29, 0.717) is 0 Å². The molecule has 0 heterocycles. The molecule has 1 aliphatic carbocycles. The van der Waals surface area contributed by atoms with Gasteiger partial charge in [0.15, 0.2) is 0 Å². The van der Waals surface area contributed by atoms with E-state index in [9.17, 15) is 0 Å². The SMILES string of the molecule is C[NH2+]CC1CC1. The average Bonchev–Trinajstić information content (AvgIpc) is 2.21. The van der Waals surface area contributed by atoms with Gasteiger partial charge in [0.25, 0.3) is 0 Å². The van der Waals surface area contributed by atoms with Crippen LogP contribution < -0.4 is 5.32 Å². The fourth-order valence-electron chi connectivity index (χ4n) is 0.687. The molecule has 1 rings (SSSR count). The molecular formula is C5H12N+. The molecule has 0 unspecified atom stereocenters. The van der Waals surface area contributed by atoms with Crippen LogP contribution in [0.3, 0.4) is 0 Å². The summed E-state index contributed by atoms with van der Waals surface area (Å²) in [6, 6.07) is 0. The monoisotopic (exact) mass is 86.1 g/mol. The van der Waals surface area contributed by atoms with E-state index < -0.39 is 0 Å². The van der Waals surface area contributed by atoms with Gasteiger partial charge < -0.3 is 5.32 Å². The molecule has 1 aliphatic rings. The lowest BCUT2D eigenvalue weighted by atomic mass is 10.4. The van der Waals surface area contributed by atoms with Crippen molar-refractivity contribution in [2.24, 2.45) is 5.92 Å². The first-order valence-electron chi connectivity index (χ1n) is 2.71. The van der Waals surface area contributed by atoms with Crippen LogP contribution in [0, 0.1) is 5.92 Å². The van der Waals surface area contributed by atoms with E-state index in [0.717, 1.165) is 5.92 Å². The molecule has 0 aromatic carbocycles. The smallest absolute Gasteiger partial charge is 0.0781 e. The first-order valence-corrected chi connectivity index (χ1v) is 2.71. The second-order valence-corrected chi connectivity index (χ2v) is 2.09. The van der Waals surface area contributed by atoms with Gasteiger partial charge >= 0.3 is 0 Å². The van der Waals surface area contributed by atoms with Gasteiger partial charge in [-0.15, -0.1) is 0 Å². The molecule has 0 aromatic heterocycles. The number of hydrogen-bond acceptors (Lipinski definition) is 0. The molecule has 0 radical (unpaired) electrons. The standard InChI is InChI=1S/C5H11N/c1-6-4-5-2-3-5/h5-6H,2-4H2,1H3/p+1. The third kappa shape index (κ3) is 0.977. The van der Waals surface area contributed by atoms with Crippen molar-refractivity contribution in [2.45, 2.75) is 12.8 Å². The topological polar surface area (TPSA) is 16.6 Å². The van der Waals surface area contributed by atoms with Gasteiger partial charge in [0.1, 0.15) is 0 Å². The molecule has 6 heavy (non-hydrogen) atoms. The Bertz CT molecular complexity index is 39.2. The molecule has 0 amide bonds. The Morgan fingerprint density at radius 1 is 1.67 bits per heavy atom. The summed E-state index contributed by atoms with van der Waals surface area (Å²) in [5.74, 6) is 1.09. The summed E-state index contributed by atoms with van der Waals surface area (Å²) in [6.45, 7) is 1.36. The highest BCUT2D eigenvalue weighted by Crippen LogP contribution is 2.26. The molecule has 1 nitrogen and oxygen atoms in total. The van der Waals surface area contributed by atoms with Gasteiger partial charge in [0.05, 0.1) is 13.6 Å². The summed E-state index contributed by atoms with van der Waals surface area (Å²) in [4.78, 5) is 0. The van der Waals surface area contributed by atoms with Gasteiger partial charge in [0, 0.05) is 5.92 Å². The van der Waals surface area contributed by atoms with E-state index >= 15 is 0 Å². The fourth-order valence-corrected chi connectivity index (χ4v) is 0.687. The zero-order valence-electron chi connectivity index (χ0n) is 4.28. The minimum atomic E-state index is 1.09. The molecule has 0 bridgehead atoms. The van der Waals surface area contributed by atoms with Crippen molar-refractivity contribution in [1.82, 2.24) is 0 Å². The van der Waals surface area contributed by atoms with Crippen molar-refractivity contribution in [3.63, 3.8) is 0 Å². The molecule has 1 fully saturated rings. The molecule has 2 N–H and O–H groups in total. The molecule has 0 saturated heterocycles. The van der Waals surface area contributed by atoms with Crippen LogP contribution in [0.4, 0.5) is 0 Å². The van der Waals surface area contributed by atoms with Crippen LogP contribution in [-0.2, 0) is 0 Å². The van der Waals surface area contributed by atoms with Gasteiger partial charge in [-0.1, -0.05) is 0 Å². The number of nitrogens with two attached hydrogens (primary N) is 1. The summed E-state index contributed by atoms with van der Waals surface area (Å²) in [7, 11) is 2.14. The van der Waals surface area contributed by atoms with Crippen molar-refractivity contribution in [1.29, 1.82) is 0 Å². The van der Waals surface area contributed by atoms with Crippen LogP contribution in [0.15, 0.2) is 0 Å². The molecule has 0 aromatic rings. The normalized spacial score (nSPS) is 21.5. The average molecular weight is 86.2 g/mol. The molecular weight excluding hydrogens is 74.1 g/mol. The predicted molar refractivity (Wildman–Crippen MR) is 25.4 cm³/mol. The first kappa shape index (κ1) is 4.13. The molecule has 0 atom stereocenters. The van der Waals surface area contributed by atoms with E-state index in [2.05, 4.69) is 12.4 Å². The molecule has 1 saturated carbocycles. The summed E-state index contributed by atoms with van der Waals surface area (Å²) >= 11 is 0. The minimum Gasteiger partial charge on any atom is -0.348 e. The maximum Gasteiger partial charge on any atom is 0.0781 e. The van der Waals surface area contributed by atoms with Crippen LogP contribution in [0.5, 0.6) is 0 Å². The third-order valence-corrected chi connectivity index (χ3v) is 1.27. The van der Waals surface area contributed by atoms with E-state index in [-0.39, 0.29) is 0 Å². The molecule has 0 spiro atoms. The van der Waals surface area contributed by atoms with Gasteiger partial charge in [-0.2, -0.15) is 0 Å². The van der Waals surface area contributed by atoms with E-state index in [1.165, 1.54) is 19.4 Å². The Hall–Kier alpha value is -0.0400. The molecule has 1 heteroatoms. The van der Waals surface area contributed by atoms with Gasteiger partial charge in [-0.25, -0.2) is 0 Å².